The van der Waals surface area contributed by atoms with E-state index >= 15 is 0 Å². The van der Waals surface area contributed by atoms with Crippen molar-refractivity contribution in [2.75, 3.05) is 6.61 Å². The second kappa shape index (κ2) is 5.87. The van der Waals surface area contributed by atoms with E-state index in [0.29, 0.717) is 11.3 Å². The second-order valence-electron chi connectivity index (χ2n) is 4.03. The normalized spacial score (nSPS) is 14.3. The maximum atomic E-state index is 11.5. The summed E-state index contributed by atoms with van der Waals surface area (Å²) in [6.07, 6.45) is 1.29. The molecule has 1 fully saturated rings. The van der Waals surface area contributed by atoms with Crippen LogP contribution in [0.4, 0.5) is 4.79 Å². The maximum Gasteiger partial charge on any atom is 0.328 e. The number of benzene rings is 1. The molecular weight excluding hydrogens is 280 g/mol. The lowest BCUT2D eigenvalue weighted by atomic mass is 10.1. The van der Waals surface area contributed by atoms with Gasteiger partial charge in [-0.25, -0.2) is 4.79 Å². The van der Waals surface area contributed by atoms with E-state index in [2.05, 4.69) is 0 Å². The van der Waals surface area contributed by atoms with E-state index in [1.165, 1.54) is 30.3 Å². The zero-order chi connectivity index (χ0) is 15.4. The fourth-order valence-corrected chi connectivity index (χ4v) is 1.58. The number of aliphatic carboxylic acids is 1. The fourth-order valence-electron chi connectivity index (χ4n) is 1.58. The molecule has 0 bridgehead atoms. The number of hydrogen-bond acceptors (Lipinski definition) is 6. The molecule has 1 heterocycles. The largest absolute Gasteiger partial charge is 0.546 e. The quantitative estimate of drug-likeness (QED) is 0.517. The number of carboxylic acids is 1. The molecule has 2 rings (SSSR count). The molecule has 0 aliphatic carbocycles. The number of imide groups is 2. The lowest BCUT2D eigenvalue weighted by Gasteiger charge is -2.13. The van der Waals surface area contributed by atoms with Crippen LogP contribution in [0.1, 0.15) is 5.56 Å². The topological polar surface area (TPSA) is 125 Å². The number of hydrogen-bond donors (Lipinski definition) is 2. The average molecular weight is 289 g/mol. The minimum atomic E-state index is -1.35. The first-order valence-electron chi connectivity index (χ1n) is 5.77. The molecule has 0 spiro atoms. The van der Waals surface area contributed by atoms with Gasteiger partial charge in [0.1, 0.15) is 17.9 Å². The van der Waals surface area contributed by atoms with Crippen LogP contribution < -0.4 is 20.5 Å². The van der Waals surface area contributed by atoms with E-state index in [0.717, 1.165) is 0 Å². The molecular formula is C13H9N2O6-. The molecule has 1 aliphatic heterocycles. The minimum absolute atomic E-state index is 0.210. The van der Waals surface area contributed by atoms with Gasteiger partial charge in [-0.2, -0.15) is 0 Å². The summed E-state index contributed by atoms with van der Waals surface area (Å²) in [6.45, 7) is -0.576. The Balaban J connectivity index is 2.13. The van der Waals surface area contributed by atoms with Gasteiger partial charge in [-0.1, -0.05) is 12.1 Å². The smallest absolute Gasteiger partial charge is 0.328 e. The van der Waals surface area contributed by atoms with Crippen LogP contribution in [0.25, 0.3) is 6.08 Å². The van der Waals surface area contributed by atoms with E-state index in [-0.39, 0.29) is 5.57 Å². The standard InChI is InChI=1S/C13H10N2O6/c16-10(17)6-21-8-3-1-7(2-4-8)5-9-11(18)14-13(20)15-12(9)19/h1-5H,6H2,(H,16,17)(H2,14,15,18,19,20)/p-1. The van der Waals surface area contributed by atoms with Gasteiger partial charge in [-0.05, 0) is 23.8 Å². The zero-order valence-electron chi connectivity index (χ0n) is 10.5. The van der Waals surface area contributed by atoms with Gasteiger partial charge >= 0.3 is 6.03 Å². The summed E-state index contributed by atoms with van der Waals surface area (Å²) < 4.78 is 4.88. The van der Waals surface area contributed by atoms with Crippen LogP contribution in [-0.4, -0.2) is 30.4 Å². The SMILES string of the molecule is O=C([O-])COc1ccc(C=C2C(=O)NC(=O)NC2=O)cc1. The molecule has 0 aromatic heterocycles. The second-order valence-corrected chi connectivity index (χ2v) is 4.03. The molecule has 21 heavy (non-hydrogen) atoms. The van der Waals surface area contributed by atoms with Crippen LogP contribution in [-0.2, 0) is 14.4 Å². The van der Waals surface area contributed by atoms with Gasteiger partial charge in [0.25, 0.3) is 11.8 Å². The van der Waals surface area contributed by atoms with Crippen molar-refractivity contribution in [2.45, 2.75) is 0 Å². The highest BCUT2D eigenvalue weighted by molar-refractivity contribution is 6.31. The number of urea groups is 1. The van der Waals surface area contributed by atoms with Gasteiger partial charge in [-0.3, -0.25) is 20.2 Å². The van der Waals surface area contributed by atoms with E-state index in [1.807, 2.05) is 10.6 Å². The van der Waals surface area contributed by atoms with Crippen molar-refractivity contribution in [1.82, 2.24) is 10.6 Å². The summed E-state index contributed by atoms with van der Waals surface area (Å²) in [6, 6.07) is 5.12. The molecule has 0 atom stereocenters. The predicted octanol–water partition coefficient (Wildman–Crippen LogP) is -1.44. The Kier molecular flexibility index (Phi) is 3.98. The number of ether oxygens (including phenoxy) is 1. The molecule has 108 valence electrons. The first-order valence-corrected chi connectivity index (χ1v) is 5.77. The third kappa shape index (κ3) is 3.66. The molecule has 1 saturated heterocycles. The van der Waals surface area contributed by atoms with Crippen molar-refractivity contribution in [3.63, 3.8) is 0 Å². The van der Waals surface area contributed by atoms with Crippen LogP contribution in [0.15, 0.2) is 29.8 Å². The Morgan fingerprint density at radius 3 is 2.19 bits per heavy atom. The molecule has 1 aromatic carbocycles. The molecule has 8 nitrogen and oxygen atoms in total. The lowest BCUT2D eigenvalue weighted by Crippen LogP contribution is -2.51. The summed E-state index contributed by atoms with van der Waals surface area (Å²) in [7, 11) is 0. The van der Waals surface area contributed by atoms with Crippen LogP contribution in [0.5, 0.6) is 5.75 Å². The third-order valence-corrected chi connectivity index (χ3v) is 2.49. The predicted molar refractivity (Wildman–Crippen MR) is 66.6 cm³/mol. The third-order valence-electron chi connectivity index (χ3n) is 2.49. The van der Waals surface area contributed by atoms with E-state index in [1.54, 1.807) is 0 Å². The van der Waals surface area contributed by atoms with Gasteiger partial charge < -0.3 is 14.6 Å². The van der Waals surface area contributed by atoms with Crippen molar-refractivity contribution in [3.8, 4) is 5.75 Å². The van der Waals surface area contributed by atoms with Gasteiger partial charge in [0.15, 0.2) is 0 Å². The van der Waals surface area contributed by atoms with Crippen molar-refractivity contribution in [3.05, 3.63) is 35.4 Å². The molecule has 0 saturated carbocycles. The summed E-state index contributed by atoms with van der Waals surface area (Å²) in [5, 5.41) is 14.1. The van der Waals surface area contributed by atoms with Crippen LogP contribution in [0, 0.1) is 0 Å². The number of carbonyl (C=O) groups is 4. The highest BCUT2D eigenvalue weighted by Gasteiger charge is 2.27. The van der Waals surface area contributed by atoms with Crippen LogP contribution >= 0.6 is 0 Å². The Morgan fingerprint density at radius 1 is 1.10 bits per heavy atom. The Morgan fingerprint density at radius 2 is 1.67 bits per heavy atom. The van der Waals surface area contributed by atoms with Crippen LogP contribution in [0.2, 0.25) is 0 Å². The van der Waals surface area contributed by atoms with Crippen molar-refractivity contribution in [1.29, 1.82) is 0 Å². The number of amides is 4. The minimum Gasteiger partial charge on any atom is -0.546 e. The van der Waals surface area contributed by atoms with E-state index in [9.17, 15) is 24.3 Å². The van der Waals surface area contributed by atoms with Gasteiger partial charge in [0.05, 0.1) is 5.97 Å². The molecule has 1 aliphatic rings. The van der Waals surface area contributed by atoms with Gasteiger partial charge in [-0.15, -0.1) is 0 Å². The zero-order valence-corrected chi connectivity index (χ0v) is 10.5. The monoisotopic (exact) mass is 289 g/mol. The van der Waals surface area contributed by atoms with E-state index in [4.69, 9.17) is 4.74 Å². The van der Waals surface area contributed by atoms with Gasteiger partial charge in [0, 0.05) is 0 Å². The Labute approximate surface area is 118 Å². The highest BCUT2D eigenvalue weighted by atomic mass is 16.5. The first kappa shape index (κ1) is 14.3. The lowest BCUT2D eigenvalue weighted by molar-refractivity contribution is -0.307. The molecule has 1 aromatic rings. The molecule has 0 unspecified atom stereocenters. The van der Waals surface area contributed by atoms with Gasteiger partial charge in [0.2, 0.25) is 0 Å². The molecule has 0 radical (unpaired) electrons. The van der Waals surface area contributed by atoms with Crippen molar-refractivity contribution < 1.29 is 29.0 Å². The first-order chi connectivity index (χ1) is 9.95. The summed E-state index contributed by atoms with van der Waals surface area (Å²) >= 11 is 0. The number of barbiturate groups is 1. The Hall–Kier alpha value is -3.16. The Bertz CT molecular complexity index is 625. The maximum absolute atomic E-state index is 11.5. The molecule has 4 amide bonds. The summed E-state index contributed by atoms with van der Waals surface area (Å²) in [4.78, 5) is 44.1. The van der Waals surface area contributed by atoms with Crippen molar-refractivity contribution in [2.24, 2.45) is 0 Å². The number of rotatable bonds is 4. The number of nitrogens with one attached hydrogen (secondary N) is 2. The van der Waals surface area contributed by atoms with Crippen molar-refractivity contribution >= 4 is 29.9 Å². The van der Waals surface area contributed by atoms with E-state index < -0.39 is 30.4 Å². The number of carbonyl (C=O) groups excluding carboxylic acids is 4. The fraction of sp³-hybridized carbons (Fsp3) is 0.0769. The van der Waals surface area contributed by atoms with Crippen LogP contribution in [0.3, 0.4) is 0 Å². The molecule has 2 N–H and O–H groups in total. The highest BCUT2D eigenvalue weighted by Crippen LogP contribution is 2.15. The molecule has 8 heteroatoms. The summed E-state index contributed by atoms with van der Waals surface area (Å²) in [5.41, 5.74) is 0.295. The average Bonchev–Trinajstić information content (AvgIpc) is 2.41. The summed E-state index contributed by atoms with van der Waals surface area (Å²) in [5.74, 6) is -2.63. The number of carboxylic acid groups (broad SMARTS) is 1.